The minimum Gasteiger partial charge on any atom is -0.493 e. The van der Waals surface area contributed by atoms with E-state index in [2.05, 4.69) is 6.07 Å². The van der Waals surface area contributed by atoms with Crippen molar-refractivity contribution in [2.45, 2.75) is 37.5 Å². The van der Waals surface area contributed by atoms with Gasteiger partial charge in [-0.25, -0.2) is 8.42 Å². The summed E-state index contributed by atoms with van der Waals surface area (Å²) < 4.78 is 28.3. The molecule has 0 amide bonds. The van der Waals surface area contributed by atoms with Crippen LogP contribution in [0.1, 0.15) is 24.5 Å². The highest BCUT2D eigenvalue weighted by Gasteiger charge is 2.22. The van der Waals surface area contributed by atoms with Crippen LogP contribution in [0.4, 0.5) is 0 Å². The lowest BCUT2D eigenvalue weighted by Crippen LogP contribution is -2.38. The molecule has 1 aliphatic rings. The first-order chi connectivity index (χ1) is 8.88. The maximum Gasteiger partial charge on any atom is 0.151 e. The summed E-state index contributed by atoms with van der Waals surface area (Å²) in [5, 5.41) is -0.495. The molecule has 0 fully saturated rings. The molecule has 0 aliphatic carbocycles. The average molecular weight is 283 g/mol. The maximum atomic E-state index is 11.4. The fourth-order valence-electron chi connectivity index (χ4n) is 2.28. The molecule has 1 aromatic rings. The number of sulfone groups is 1. The predicted molar refractivity (Wildman–Crippen MR) is 76.2 cm³/mol. The molecule has 106 valence electrons. The Morgan fingerprint density at radius 2 is 2.16 bits per heavy atom. The molecule has 0 bridgehead atoms. The summed E-state index contributed by atoms with van der Waals surface area (Å²) in [5.74, 6) is 0.970. The Hall–Kier alpha value is -1.07. The number of hydrogen-bond acceptors (Lipinski definition) is 4. The molecule has 1 heterocycles. The third-order valence-corrected chi connectivity index (χ3v) is 5.50. The standard InChI is InChI=1S/C14H21NO3S/c1-10(19(2,16)17)13(15)5-3-11-4-6-14-12(9-11)7-8-18-14/h4,6,9-10,13H,3,5,7-8,15H2,1-2H3. The molecule has 0 saturated carbocycles. The van der Waals surface area contributed by atoms with Crippen LogP contribution in [-0.2, 0) is 22.7 Å². The third-order valence-electron chi connectivity index (χ3n) is 3.80. The molecule has 0 radical (unpaired) electrons. The SMILES string of the molecule is CC(C(N)CCc1ccc2c(c1)CCO2)S(C)(=O)=O. The molecule has 0 aromatic heterocycles. The minimum atomic E-state index is -3.06. The quantitative estimate of drug-likeness (QED) is 0.884. The van der Waals surface area contributed by atoms with Gasteiger partial charge in [0.2, 0.25) is 0 Å². The number of ether oxygens (including phenoxy) is 1. The van der Waals surface area contributed by atoms with Gasteiger partial charge in [0.05, 0.1) is 11.9 Å². The van der Waals surface area contributed by atoms with Crippen molar-refractivity contribution in [2.75, 3.05) is 12.9 Å². The van der Waals surface area contributed by atoms with E-state index >= 15 is 0 Å². The molecule has 19 heavy (non-hydrogen) atoms. The number of nitrogens with two attached hydrogens (primary N) is 1. The number of benzene rings is 1. The van der Waals surface area contributed by atoms with Crippen LogP contribution in [0.25, 0.3) is 0 Å². The van der Waals surface area contributed by atoms with Gasteiger partial charge in [-0.2, -0.15) is 0 Å². The number of fused-ring (bicyclic) bond motifs is 1. The molecule has 4 nitrogen and oxygen atoms in total. The molecule has 0 spiro atoms. The Morgan fingerprint density at radius 1 is 1.42 bits per heavy atom. The van der Waals surface area contributed by atoms with E-state index in [-0.39, 0.29) is 6.04 Å². The zero-order valence-corrected chi connectivity index (χ0v) is 12.2. The van der Waals surface area contributed by atoms with Crippen molar-refractivity contribution in [1.82, 2.24) is 0 Å². The van der Waals surface area contributed by atoms with Crippen molar-refractivity contribution in [3.05, 3.63) is 29.3 Å². The number of hydrogen-bond donors (Lipinski definition) is 1. The number of aryl methyl sites for hydroxylation is 1. The van der Waals surface area contributed by atoms with Gasteiger partial charge in [0.25, 0.3) is 0 Å². The lowest BCUT2D eigenvalue weighted by atomic mass is 10.0. The van der Waals surface area contributed by atoms with E-state index < -0.39 is 15.1 Å². The van der Waals surface area contributed by atoms with Crippen LogP contribution in [0.3, 0.4) is 0 Å². The molecular weight excluding hydrogens is 262 g/mol. The molecule has 2 rings (SSSR count). The zero-order valence-electron chi connectivity index (χ0n) is 11.4. The Labute approximate surface area is 114 Å². The van der Waals surface area contributed by atoms with Crippen LogP contribution in [0.2, 0.25) is 0 Å². The van der Waals surface area contributed by atoms with Crippen LogP contribution in [0.15, 0.2) is 18.2 Å². The summed E-state index contributed by atoms with van der Waals surface area (Å²) in [6, 6.07) is 5.84. The molecule has 0 saturated heterocycles. The zero-order chi connectivity index (χ0) is 14.0. The van der Waals surface area contributed by atoms with Gasteiger partial charge in [-0.15, -0.1) is 0 Å². The Kier molecular flexibility index (Phi) is 4.16. The third kappa shape index (κ3) is 3.48. The molecule has 1 aliphatic heterocycles. The predicted octanol–water partition coefficient (Wildman–Crippen LogP) is 1.31. The van der Waals surface area contributed by atoms with E-state index in [1.54, 1.807) is 6.92 Å². The topological polar surface area (TPSA) is 69.4 Å². The summed E-state index contributed by atoms with van der Waals surface area (Å²) >= 11 is 0. The van der Waals surface area contributed by atoms with E-state index in [0.717, 1.165) is 25.2 Å². The van der Waals surface area contributed by atoms with Crippen molar-refractivity contribution in [3.63, 3.8) is 0 Å². The lowest BCUT2D eigenvalue weighted by molar-refractivity contribution is 0.357. The fraction of sp³-hybridized carbons (Fsp3) is 0.571. The lowest BCUT2D eigenvalue weighted by Gasteiger charge is -2.18. The highest BCUT2D eigenvalue weighted by Crippen LogP contribution is 2.26. The largest absolute Gasteiger partial charge is 0.493 e. The summed E-state index contributed by atoms with van der Waals surface area (Å²) in [7, 11) is -3.06. The van der Waals surface area contributed by atoms with Gasteiger partial charge in [0.15, 0.2) is 9.84 Å². The Morgan fingerprint density at radius 3 is 2.84 bits per heavy atom. The van der Waals surface area contributed by atoms with E-state index in [4.69, 9.17) is 10.5 Å². The number of rotatable bonds is 5. The van der Waals surface area contributed by atoms with E-state index in [0.29, 0.717) is 6.42 Å². The molecule has 5 heteroatoms. The van der Waals surface area contributed by atoms with Crippen molar-refractivity contribution in [1.29, 1.82) is 0 Å². The molecule has 2 N–H and O–H groups in total. The van der Waals surface area contributed by atoms with Crippen molar-refractivity contribution < 1.29 is 13.2 Å². The minimum absolute atomic E-state index is 0.320. The van der Waals surface area contributed by atoms with Crippen LogP contribution < -0.4 is 10.5 Å². The smallest absolute Gasteiger partial charge is 0.151 e. The van der Waals surface area contributed by atoms with Crippen molar-refractivity contribution >= 4 is 9.84 Å². The van der Waals surface area contributed by atoms with Crippen LogP contribution in [-0.4, -0.2) is 32.6 Å². The van der Waals surface area contributed by atoms with Gasteiger partial charge >= 0.3 is 0 Å². The monoisotopic (exact) mass is 283 g/mol. The average Bonchev–Trinajstić information content (AvgIpc) is 2.81. The summed E-state index contributed by atoms with van der Waals surface area (Å²) in [4.78, 5) is 0. The van der Waals surface area contributed by atoms with Gasteiger partial charge in [0, 0.05) is 18.7 Å². The second kappa shape index (κ2) is 5.51. The first kappa shape index (κ1) is 14.3. The summed E-state index contributed by atoms with van der Waals surface area (Å²) in [5.41, 5.74) is 8.39. The van der Waals surface area contributed by atoms with E-state index in [1.165, 1.54) is 17.4 Å². The highest BCUT2D eigenvalue weighted by molar-refractivity contribution is 7.91. The molecular formula is C14H21NO3S. The molecule has 2 unspecified atom stereocenters. The van der Waals surface area contributed by atoms with Gasteiger partial charge < -0.3 is 10.5 Å². The first-order valence-corrected chi connectivity index (χ1v) is 8.52. The fourth-order valence-corrected chi connectivity index (χ4v) is 3.05. The van der Waals surface area contributed by atoms with Gasteiger partial charge in [-0.3, -0.25) is 0 Å². The van der Waals surface area contributed by atoms with E-state index in [1.807, 2.05) is 12.1 Å². The molecule has 1 aromatic carbocycles. The second-order valence-corrected chi connectivity index (χ2v) is 7.68. The van der Waals surface area contributed by atoms with Crippen molar-refractivity contribution in [2.24, 2.45) is 5.73 Å². The van der Waals surface area contributed by atoms with Gasteiger partial charge in [-0.05, 0) is 37.0 Å². The Balaban J connectivity index is 1.96. The van der Waals surface area contributed by atoms with Gasteiger partial charge in [-0.1, -0.05) is 12.1 Å². The van der Waals surface area contributed by atoms with Crippen LogP contribution in [0, 0.1) is 0 Å². The maximum absolute atomic E-state index is 11.4. The van der Waals surface area contributed by atoms with E-state index in [9.17, 15) is 8.42 Å². The van der Waals surface area contributed by atoms with Crippen molar-refractivity contribution in [3.8, 4) is 5.75 Å². The molecule has 2 atom stereocenters. The summed E-state index contributed by atoms with van der Waals surface area (Å²) in [6.07, 6.45) is 3.67. The van der Waals surface area contributed by atoms with Gasteiger partial charge in [0.1, 0.15) is 5.75 Å². The normalized spacial score (nSPS) is 17.6. The first-order valence-electron chi connectivity index (χ1n) is 6.57. The van der Waals surface area contributed by atoms with Crippen LogP contribution in [0.5, 0.6) is 5.75 Å². The summed E-state index contributed by atoms with van der Waals surface area (Å²) in [6.45, 7) is 2.43. The second-order valence-electron chi connectivity index (χ2n) is 5.28. The highest BCUT2D eigenvalue weighted by atomic mass is 32.2. The van der Waals surface area contributed by atoms with Crippen LogP contribution >= 0.6 is 0 Å². The Bertz CT molecular complexity index is 554.